The first-order chi connectivity index (χ1) is 9.86. The molecule has 0 saturated carbocycles. The zero-order valence-corrected chi connectivity index (χ0v) is 14.3. The normalized spacial score (nSPS) is 11.8. The standard InChI is InChI=1S/C15H24N2O2S2/c1-3-4-5-10-17(2)11-12-21(18,19)14-8-6-13(7-9-14)15(16)20/h6-9H,3-5,10-12H2,1-2H3,(H2,16,20). The average Bonchev–Trinajstić information content (AvgIpc) is 2.45. The number of nitrogens with two attached hydrogens (primary N) is 1. The molecule has 6 heteroatoms. The first-order valence-electron chi connectivity index (χ1n) is 7.18. The van der Waals surface area contributed by atoms with Crippen molar-refractivity contribution in [2.45, 2.75) is 31.1 Å². The van der Waals surface area contributed by atoms with E-state index in [9.17, 15) is 8.42 Å². The quantitative estimate of drug-likeness (QED) is 0.556. The van der Waals surface area contributed by atoms with E-state index in [2.05, 4.69) is 11.8 Å². The fourth-order valence-electron chi connectivity index (χ4n) is 1.96. The highest BCUT2D eigenvalue weighted by molar-refractivity contribution is 7.91. The fourth-order valence-corrected chi connectivity index (χ4v) is 3.44. The molecular formula is C15H24N2O2S2. The molecule has 1 aromatic carbocycles. The minimum Gasteiger partial charge on any atom is -0.389 e. The van der Waals surface area contributed by atoms with Gasteiger partial charge in [-0.3, -0.25) is 0 Å². The van der Waals surface area contributed by atoms with Crippen molar-refractivity contribution in [1.82, 2.24) is 4.90 Å². The predicted molar refractivity (Wildman–Crippen MR) is 91.4 cm³/mol. The third-order valence-electron chi connectivity index (χ3n) is 3.38. The number of nitrogens with zero attached hydrogens (tertiary/aromatic N) is 1. The lowest BCUT2D eigenvalue weighted by molar-refractivity contribution is 0.343. The van der Waals surface area contributed by atoms with E-state index in [1.54, 1.807) is 24.3 Å². The topological polar surface area (TPSA) is 63.4 Å². The van der Waals surface area contributed by atoms with Crippen molar-refractivity contribution in [3.63, 3.8) is 0 Å². The molecule has 0 aliphatic heterocycles. The largest absolute Gasteiger partial charge is 0.389 e. The van der Waals surface area contributed by atoms with Crippen molar-refractivity contribution in [3.05, 3.63) is 29.8 Å². The summed E-state index contributed by atoms with van der Waals surface area (Å²) in [6.07, 6.45) is 3.45. The number of hydrogen-bond donors (Lipinski definition) is 1. The molecule has 1 rings (SSSR count). The summed E-state index contributed by atoms with van der Waals surface area (Å²) < 4.78 is 24.5. The first kappa shape index (κ1) is 18.1. The Bertz CT molecular complexity index is 554. The van der Waals surface area contributed by atoms with Crippen LogP contribution in [0.15, 0.2) is 29.2 Å². The van der Waals surface area contributed by atoms with Crippen LogP contribution in [-0.2, 0) is 9.84 Å². The van der Waals surface area contributed by atoms with Crippen molar-refractivity contribution in [2.75, 3.05) is 25.9 Å². The second kappa shape index (κ2) is 8.46. The Morgan fingerprint density at radius 2 is 1.81 bits per heavy atom. The highest BCUT2D eigenvalue weighted by atomic mass is 32.2. The molecule has 0 aromatic heterocycles. The van der Waals surface area contributed by atoms with E-state index >= 15 is 0 Å². The lowest BCUT2D eigenvalue weighted by Crippen LogP contribution is -2.26. The number of benzene rings is 1. The van der Waals surface area contributed by atoms with Gasteiger partial charge in [-0.2, -0.15) is 0 Å². The van der Waals surface area contributed by atoms with Crippen LogP contribution < -0.4 is 5.73 Å². The Kier molecular flexibility index (Phi) is 7.28. The second-order valence-electron chi connectivity index (χ2n) is 5.22. The van der Waals surface area contributed by atoms with E-state index in [0.717, 1.165) is 13.0 Å². The van der Waals surface area contributed by atoms with Crippen LogP contribution in [0.1, 0.15) is 31.7 Å². The Morgan fingerprint density at radius 3 is 2.33 bits per heavy atom. The van der Waals surface area contributed by atoms with E-state index in [4.69, 9.17) is 18.0 Å². The maximum atomic E-state index is 12.3. The van der Waals surface area contributed by atoms with Gasteiger partial charge in [0, 0.05) is 12.1 Å². The minimum absolute atomic E-state index is 0.127. The van der Waals surface area contributed by atoms with Crippen LogP contribution >= 0.6 is 12.2 Å². The van der Waals surface area contributed by atoms with E-state index in [1.165, 1.54) is 12.8 Å². The highest BCUT2D eigenvalue weighted by Crippen LogP contribution is 2.13. The molecule has 0 atom stereocenters. The van der Waals surface area contributed by atoms with E-state index in [-0.39, 0.29) is 10.7 Å². The van der Waals surface area contributed by atoms with Gasteiger partial charge < -0.3 is 10.6 Å². The Labute approximate surface area is 133 Å². The van der Waals surface area contributed by atoms with Crippen molar-refractivity contribution in [1.29, 1.82) is 0 Å². The highest BCUT2D eigenvalue weighted by Gasteiger charge is 2.15. The Balaban J connectivity index is 2.58. The van der Waals surface area contributed by atoms with E-state index in [1.807, 2.05) is 7.05 Å². The predicted octanol–water partition coefficient (Wildman–Crippen LogP) is 2.22. The summed E-state index contributed by atoms with van der Waals surface area (Å²) in [5.74, 6) is 0.127. The van der Waals surface area contributed by atoms with Gasteiger partial charge in [0.1, 0.15) is 4.99 Å². The summed E-state index contributed by atoms with van der Waals surface area (Å²) >= 11 is 4.86. The first-order valence-corrected chi connectivity index (χ1v) is 9.24. The number of rotatable bonds is 9. The molecule has 0 amide bonds. The van der Waals surface area contributed by atoms with Crippen LogP contribution in [0, 0.1) is 0 Å². The van der Waals surface area contributed by atoms with E-state index in [0.29, 0.717) is 17.0 Å². The Hall–Kier alpha value is -0.980. The van der Waals surface area contributed by atoms with Crippen molar-refractivity contribution in [3.8, 4) is 0 Å². The van der Waals surface area contributed by atoms with E-state index < -0.39 is 9.84 Å². The number of thiocarbonyl (C=S) groups is 1. The molecule has 4 nitrogen and oxygen atoms in total. The van der Waals surface area contributed by atoms with Crippen molar-refractivity contribution < 1.29 is 8.42 Å². The molecule has 21 heavy (non-hydrogen) atoms. The minimum atomic E-state index is -3.25. The summed E-state index contributed by atoms with van der Waals surface area (Å²) in [6, 6.07) is 6.45. The lowest BCUT2D eigenvalue weighted by atomic mass is 10.2. The molecule has 0 spiro atoms. The van der Waals surface area contributed by atoms with Gasteiger partial charge in [0.15, 0.2) is 9.84 Å². The van der Waals surface area contributed by atoms with Crippen LogP contribution in [0.4, 0.5) is 0 Å². The van der Waals surface area contributed by atoms with Gasteiger partial charge in [-0.15, -0.1) is 0 Å². The maximum absolute atomic E-state index is 12.3. The monoisotopic (exact) mass is 328 g/mol. The molecule has 0 fully saturated rings. The Morgan fingerprint density at radius 1 is 1.19 bits per heavy atom. The SMILES string of the molecule is CCCCCN(C)CCS(=O)(=O)c1ccc(C(N)=S)cc1. The summed E-state index contributed by atoms with van der Waals surface area (Å²) in [5, 5.41) is 0. The second-order valence-corrected chi connectivity index (χ2v) is 7.77. The fraction of sp³-hybridized carbons (Fsp3) is 0.533. The maximum Gasteiger partial charge on any atom is 0.179 e. The number of sulfone groups is 1. The molecule has 1 aromatic rings. The average molecular weight is 329 g/mol. The molecule has 0 aliphatic rings. The smallest absolute Gasteiger partial charge is 0.179 e. The molecule has 0 aliphatic carbocycles. The van der Waals surface area contributed by atoms with Gasteiger partial charge in [0.2, 0.25) is 0 Å². The summed E-state index contributed by atoms with van der Waals surface area (Å²) in [4.78, 5) is 2.66. The van der Waals surface area contributed by atoms with Gasteiger partial charge in [-0.1, -0.05) is 44.1 Å². The molecule has 118 valence electrons. The molecular weight excluding hydrogens is 304 g/mol. The van der Waals surface area contributed by atoms with Crippen molar-refractivity contribution in [2.24, 2.45) is 5.73 Å². The molecule has 0 saturated heterocycles. The molecule has 0 unspecified atom stereocenters. The number of unbranched alkanes of at least 4 members (excludes halogenated alkanes) is 2. The van der Waals surface area contributed by atoms with Gasteiger partial charge in [-0.25, -0.2) is 8.42 Å². The van der Waals surface area contributed by atoms with Gasteiger partial charge in [0.25, 0.3) is 0 Å². The molecule has 2 N–H and O–H groups in total. The summed E-state index contributed by atoms with van der Waals surface area (Å²) in [7, 11) is -1.29. The summed E-state index contributed by atoms with van der Waals surface area (Å²) in [5.41, 5.74) is 6.19. The van der Waals surface area contributed by atoms with Crippen LogP contribution in [0.3, 0.4) is 0 Å². The van der Waals surface area contributed by atoms with Gasteiger partial charge >= 0.3 is 0 Å². The van der Waals surface area contributed by atoms with Crippen LogP contribution in [0.2, 0.25) is 0 Å². The zero-order chi connectivity index (χ0) is 15.9. The lowest BCUT2D eigenvalue weighted by Gasteiger charge is -2.16. The third-order valence-corrected chi connectivity index (χ3v) is 5.33. The molecule has 0 bridgehead atoms. The van der Waals surface area contributed by atoms with Crippen LogP contribution in [0.5, 0.6) is 0 Å². The molecule has 0 radical (unpaired) electrons. The van der Waals surface area contributed by atoms with Crippen LogP contribution in [0.25, 0.3) is 0 Å². The van der Waals surface area contributed by atoms with Gasteiger partial charge in [0.05, 0.1) is 10.6 Å². The zero-order valence-electron chi connectivity index (χ0n) is 12.7. The van der Waals surface area contributed by atoms with Crippen LogP contribution in [-0.4, -0.2) is 44.2 Å². The van der Waals surface area contributed by atoms with Gasteiger partial charge in [-0.05, 0) is 32.1 Å². The van der Waals surface area contributed by atoms with Crippen molar-refractivity contribution >= 4 is 27.0 Å². The third kappa shape index (κ3) is 6.11. The summed E-state index contributed by atoms with van der Waals surface area (Å²) in [6.45, 7) is 3.63. The number of hydrogen-bond acceptors (Lipinski definition) is 4. The molecule has 0 heterocycles.